The molecule has 0 aliphatic carbocycles. The number of nitrogens with two attached hydrogens (primary N) is 1. The molecule has 0 spiro atoms. The maximum absolute atomic E-state index is 5.68. The van der Waals surface area contributed by atoms with Crippen molar-refractivity contribution < 1.29 is 0 Å². The highest BCUT2D eigenvalue weighted by Crippen LogP contribution is 2.19. The van der Waals surface area contributed by atoms with Gasteiger partial charge in [-0.2, -0.15) is 0 Å². The van der Waals surface area contributed by atoms with Crippen LogP contribution in [-0.2, 0) is 6.54 Å². The van der Waals surface area contributed by atoms with Gasteiger partial charge in [-0.25, -0.2) is 4.98 Å². The van der Waals surface area contributed by atoms with E-state index < -0.39 is 0 Å². The maximum Gasteiger partial charge on any atom is 0.107 e. The van der Waals surface area contributed by atoms with E-state index in [1.54, 1.807) is 0 Å². The van der Waals surface area contributed by atoms with Crippen molar-refractivity contribution >= 4 is 28.2 Å². The molecule has 21 heavy (non-hydrogen) atoms. The van der Waals surface area contributed by atoms with Gasteiger partial charge in [-0.15, -0.1) is 0 Å². The van der Waals surface area contributed by atoms with Gasteiger partial charge in [0.2, 0.25) is 0 Å². The first-order valence-corrected chi connectivity index (χ1v) is 7.28. The van der Waals surface area contributed by atoms with Crippen molar-refractivity contribution in [3.05, 3.63) is 65.0 Å². The van der Waals surface area contributed by atoms with E-state index in [2.05, 4.69) is 28.6 Å². The largest absolute Gasteiger partial charge is 0.389 e. The Morgan fingerprint density at radius 1 is 1.19 bits per heavy atom. The van der Waals surface area contributed by atoms with Gasteiger partial charge in [-0.3, -0.25) is 0 Å². The monoisotopic (exact) mass is 295 g/mol. The van der Waals surface area contributed by atoms with Crippen molar-refractivity contribution in [2.45, 2.75) is 20.4 Å². The Morgan fingerprint density at radius 2 is 1.95 bits per heavy atom. The smallest absolute Gasteiger partial charge is 0.107 e. The van der Waals surface area contributed by atoms with Crippen LogP contribution in [0.1, 0.15) is 22.5 Å². The van der Waals surface area contributed by atoms with E-state index in [1.807, 2.05) is 37.3 Å². The Bertz CT molecular complexity index is 833. The summed E-state index contributed by atoms with van der Waals surface area (Å²) in [6.07, 6.45) is 0. The van der Waals surface area contributed by atoms with Crippen molar-refractivity contribution in [3.8, 4) is 0 Å². The summed E-state index contributed by atoms with van der Waals surface area (Å²) in [7, 11) is 0. The van der Waals surface area contributed by atoms with E-state index in [4.69, 9.17) is 18.0 Å². The summed E-state index contributed by atoms with van der Waals surface area (Å²) in [5, 5.41) is 0. The van der Waals surface area contributed by atoms with Crippen molar-refractivity contribution in [2.75, 3.05) is 0 Å². The fourth-order valence-corrected chi connectivity index (χ4v) is 2.72. The molecule has 0 bridgehead atoms. The lowest BCUT2D eigenvalue weighted by atomic mass is 10.0. The van der Waals surface area contributed by atoms with Gasteiger partial charge in [-0.1, -0.05) is 36.5 Å². The van der Waals surface area contributed by atoms with Gasteiger partial charge in [0.25, 0.3) is 0 Å². The summed E-state index contributed by atoms with van der Waals surface area (Å²) in [6.45, 7) is 4.93. The molecular formula is C17H17N3S. The molecule has 2 N–H and O–H groups in total. The number of para-hydroxylation sites is 2. The lowest BCUT2D eigenvalue weighted by molar-refractivity contribution is 0.781. The fraction of sp³-hybridized carbons (Fsp3) is 0.176. The second-order valence-electron chi connectivity index (χ2n) is 5.24. The number of nitrogens with zero attached hydrogens (tertiary/aromatic N) is 2. The van der Waals surface area contributed by atoms with E-state index in [-0.39, 0.29) is 0 Å². The average Bonchev–Trinajstić information content (AvgIpc) is 2.77. The molecule has 3 nitrogen and oxygen atoms in total. The number of hydrogen-bond acceptors (Lipinski definition) is 2. The molecule has 0 aliphatic heterocycles. The second-order valence-corrected chi connectivity index (χ2v) is 5.68. The molecule has 3 aromatic rings. The lowest BCUT2D eigenvalue weighted by Crippen LogP contribution is -2.10. The van der Waals surface area contributed by atoms with Crippen molar-refractivity contribution in [2.24, 2.45) is 5.73 Å². The van der Waals surface area contributed by atoms with Crippen LogP contribution in [0.15, 0.2) is 42.5 Å². The first kappa shape index (κ1) is 13.8. The molecule has 4 heteroatoms. The molecular weight excluding hydrogens is 278 g/mol. The summed E-state index contributed by atoms with van der Waals surface area (Å²) < 4.78 is 2.23. The van der Waals surface area contributed by atoms with Gasteiger partial charge >= 0.3 is 0 Å². The van der Waals surface area contributed by atoms with Crippen LogP contribution < -0.4 is 5.73 Å². The highest BCUT2D eigenvalue weighted by molar-refractivity contribution is 7.80. The predicted molar refractivity (Wildman–Crippen MR) is 90.6 cm³/mol. The van der Waals surface area contributed by atoms with Crippen LogP contribution >= 0.6 is 12.2 Å². The fourth-order valence-electron chi connectivity index (χ4n) is 2.59. The number of thiocarbonyl (C=S) groups is 1. The Labute approximate surface area is 129 Å². The zero-order chi connectivity index (χ0) is 15.0. The highest BCUT2D eigenvalue weighted by atomic mass is 32.1. The molecule has 0 saturated carbocycles. The van der Waals surface area contributed by atoms with E-state index in [0.717, 1.165) is 29.0 Å². The number of aryl methyl sites for hydroxylation is 2. The lowest BCUT2D eigenvalue weighted by Gasteiger charge is -2.11. The molecule has 0 saturated heterocycles. The average molecular weight is 295 g/mol. The van der Waals surface area contributed by atoms with Gasteiger partial charge in [0.1, 0.15) is 10.8 Å². The topological polar surface area (TPSA) is 43.8 Å². The van der Waals surface area contributed by atoms with Crippen LogP contribution in [0.2, 0.25) is 0 Å². The number of benzene rings is 2. The first-order valence-electron chi connectivity index (χ1n) is 6.87. The van der Waals surface area contributed by atoms with Crippen LogP contribution in [-0.4, -0.2) is 14.5 Å². The van der Waals surface area contributed by atoms with Gasteiger partial charge in [0, 0.05) is 12.1 Å². The molecule has 1 aromatic heterocycles. The van der Waals surface area contributed by atoms with Crippen molar-refractivity contribution in [1.29, 1.82) is 0 Å². The molecule has 0 radical (unpaired) electrons. The minimum absolute atomic E-state index is 0.439. The van der Waals surface area contributed by atoms with Crippen LogP contribution in [0.5, 0.6) is 0 Å². The van der Waals surface area contributed by atoms with E-state index >= 15 is 0 Å². The van der Waals surface area contributed by atoms with Crippen LogP contribution in [0.25, 0.3) is 11.0 Å². The molecule has 3 rings (SSSR count). The normalized spacial score (nSPS) is 11.0. The summed E-state index contributed by atoms with van der Waals surface area (Å²) in [5.74, 6) is 1.02. The third-order valence-corrected chi connectivity index (χ3v) is 4.04. The zero-order valence-corrected chi connectivity index (χ0v) is 12.9. The molecule has 0 unspecified atom stereocenters. The Hall–Kier alpha value is -2.20. The van der Waals surface area contributed by atoms with Gasteiger partial charge in [0.15, 0.2) is 0 Å². The molecule has 1 heterocycles. The third kappa shape index (κ3) is 2.54. The van der Waals surface area contributed by atoms with Crippen LogP contribution in [0.3, 0.4) is 0 Å². The Morgan fingerprint density at radius 3 is 2.67 bits per heavy atom. The summed E-state index contributed by atoms with van der Waals surface area (Å²) >= 11 is 5.03. The molecule has 0 amide bonds. The van der Waals surface area contributed by atoms with E-state index in [1.165, 1.54) is 11.1 Å². The standard InChI is InChI=1S/C17H17N3S/c1-11-9-13(17(18)21)7-8-14(11)10-20-12(2)19-15-5-3-4-6-16(15)20/h3-9H,10H2,1-2H3,(H2,18,21). The van der Waals surface area contributed by atoms with E-state index in [0.29, 0.717) is 4.99 Å². The van der Waals surface area contributed by atoms with Gasteiger partial charge in [0.05, 0.1) is 11.0 Å². The van der Waals surface area contributed by atoms with Crippen LogP contribution in [0, 0.1) is 13.8 Å². The van der Waals surface area contributed by atoms with Crippen molar-refractivity contribution in [3.63, 3.8) is 0 Å². The minimum atomic E-state index is 0.439. The first-order chi connectivity index (χ1) is 10.1. The molecule has 0 aliphatic rings. The predicted octanol–water partition coefficient (Wildman–Crippen LogP) is 3.34. The van der Waals surface area contributed by atoms with Gasteiger partial charge in [-0.05, 0) is 43.2 Å². The molecule has 2 aromatic carbocycles. The molecule has 106 valence electrons. The zero-order valence-electron chi connectivity index (χ0n) is 12.1. The Kier molecular flexibility index (Phi) is 3.47. The molecule has 0 fully saturated rings. The summed E-state index contributed by atoms with van der Waals surface area (Å²) in [4.78, 5) is 5.05. The number of fused-ring (bicyclic) bond motifs is 1. The number of rotatable bonds is 3. The Balaban J connectivity index is 2.03. The minimum Gasteiger partial charge on any atom is -0.389 e. The van der Waals surface area contributed by atoms with Crippen molar-refractivity contribution in [1.82, 2.24) is 9.55 Å². The van der Waals surface area contributed by atoms with E-state index in [9.17, 15) is 0 Å². The molecule has 0 atom stereocenters. The highest BCUT2D eigenvalue weighted by Gasteiger charge is 2.09. The number of hydrogen-bond donors (Lipinski definition) is 1. The maximum atomic E-state index is 5.68. The number of aromatic nitrogens is 2. The van der Waals surface area contributed by atoms with Gasteiger partial charge < -0.3 is 10.3 Å². The number of imidazole rings is 1. The quantitative estimate of drug-likeness (QED) is 0.754. The SMILES string of the molecule is Cc1cc(C(N)=S)ccc1Cn1c(C)nc2ccccc21. The van der Waals surface area contributed by atoms with Crippen LogP contribution in [0.4, 0.5) is 0 Å². The summed E-state index contributed by atoms with van der Waals surface area (Å²) in [5.41, 5.74) is 11.2. The second kappa shape index (κ2) is 5.30. The summed E-state index contributed by atoms with van der Waals surface area (Å²) in [6, 6.07) is 14.3. The third-order valence-electron chi connectivity index (χ3n) is 3.80.